The lowest BCUT2D eigenvalue weighted by Gasteiger charge is -2.24. The minimum atomic E-state index is 0.579. The van der Waals surface area contributed by atoms with Crippen molar-refractivity contribution in [3.63, 3.8) is 0 Å². The summed E-state index contributed by atoms with van der Waals surface area (Å²) in [5, 5.41) is 0. The van der Waals surface area contributed by atoms with Crippen LogP contribution in [0.5, 0.6) is 0 Å². The van der Waals surface area contributed by atoms with Gasteiger partial charge in [0.15, 0.2) is 0 Å². The Morgan fingerprint density at radius 3 is 2.50 bits per heavy atom. The van der Waals surface area contributed by atoms with Crippen LogP contribution in [0.2, 0.25) is 0 Å². The minimum absolute atomic E-state index is 0.579. The molecule has 0 spiro atoms. The molecule has 1 aromatic carbocycles. The number of benzene rings is 1. The molecule has 1 aliphatic rings. The Morgan fingerprint density at radius 2 is 1.93 bits per heavy atom. The van der Waals surface area contributed by atoms with Gasteiger partial charge in [0.25, 0.3) is 0 Å². The summed E-state index contributed by atoms with van der Waals surface area (Å²) in [7, 11) is 2.19. The highest BCUT2D eigenvalue weighted by atomic mass is 15.4. The maximum atomic E-state index is 2.51. The van der Waals surface area contributed by atoms with Crippen molar-refractivity contribution in [3.8, 4) is 0 Å². The van der Waals surface area contributed by atoms with E-state index in [1.807, 2.05) is 0 Å². The zero-order valence-electron chi connectivity index (χ0n) is 8.98. The van der Waals surface area contributed by atoms with E-state index in [9.17, 15) is 0 Å². The second-order valence-electron chi connectivity index (χ2n) is 4.07. The van der Waals surface area contributed by atoms with Gasteiger partial charge in [-0.3, -0.25) is 9.80 Å². The number of hydrogen-bond donors (Lipinski definition) is 0. The van der Waals surface area contributed by atoms with Crippen molar-refractivity contribution in [2.45, 2.75) is 19.6 Å². The molecule has 0 aliphatic carbocycles. The van der Waals surface area contributed by atoms with E-state index in [0.717, 1.165) is 6.54 Å². The molecule has 1 aliphatic heterocycles. The van der Waals surface area contributed by atoms with Gasteiger partial charge in [0.1, 0.15) is 0 Å². The fourth-order valence-corrected chi connectivity index (χ4v) is 1.97. The quantitative estimate of drug-likeness (QED) is 0.701. The van der Waals surface area contributed by atoms with Gasteiger partial charge in [-0.05, 0) is 19.5 Å². The van der Waals surface area contributed by atoms with Crippen LogP contribution >= 0.6 is 0 Å². The molecule has 1 heterocycles. The van der Waals surface area contributed by atoms with Crippen molar-refractivity contribution in [3.05, 3.63) is 35.9 Å². The lowest BCUT2D eigenvalue weighted by Crippen LogP contribution is -2.33. The molecule has 1 saturated heterocycles. The number of likely N-dealkylation sites (N-methyl/N-ethyl adjacent to an activating group) is 1. The third-order valence-electron chi connectivity index (χ3n) is 3.13. The molecular weight excluding hydrogens is 172 g/mol. The molecule has 1 atom stereocenters. The van der Waals surface area contributed by atoms with Gasteiger partial charge in [-0.1, -0.05) is 30.3 Å². The molecule has 0 N–H and O–H groups in total. The first kappa shape index (κ1) is 9.69. The summed E-state index contributed by atoms with van der Waals surface area (Å²) in [6, 6.07) is 10.7. The number of hydrogen-bond acceptors (Lipinski definition) is 2. The van der Waals surface area contributed by atoms with E-state index in [1.54, 1.807) is 0 Å². The average molecular weight is 190 g/mol. The fourth-order valence-electron chi connectivity index (χ4n) is 1.97. The van der Waals surface area contributed by atoms with Gasteiger partial charge in [-0.2, -0.15) is 0 Å². The molecule has 2 heteroatoms. The van der Waals surface area contributed by atoms with Crippen LogP contribution in [0.3, 0.4) is 0 Å². The molecule has 1 fully saturated rings. The predicted molar refractivity (Wildman–Crippen MR) is 58.9 cm³/mol. The van der Waals surface area contributed by atoms with Crippen LogP contribution in [0.1, 0.15) is 12.5 Å². The van der Waals surface area contributed by atoms with Crippen molar-refractivity contribution >= 4 is 0 Å². The van der Waals surface area contributed by atoms with Gasteiger partial charge in [0, 0.05) is 19.6 Å². The van der Waals surface area contributed by atoms with Gasteiger partial charge in [0.05, 0.1) is 6.17 Å². The Labute approximate surface area is 86.1 Å². The Morgan fingerprint density at radius 1 is 1.21 bits per heavy atom. The molecule has 76 valence electrons. The van der Waals surface area contributed by atoms with E-state index >= 15 is 0 Å². The van der Waals surface area contributed by atoms with E-state index in [4.69, 9.17) is 0 Å². The van der Waals surface area contributed by atoms with Gasteiger partial charge in [-0.15, -0.1) is 0 Å². The van der Waals surface area contributed by atoms with Crippen LogP contribution in [-0.2, 0) is 6.54 Å². The van der Waals surface area contributed by atoms with Crippen LogP contribution in [0, 0.1) is 0 Å². The predicted octanol–water partition coefficient (Wildman–Crippen LogP) is 1.78. The van der Waals surface area contributed by atoms with Gasteiger partial charge in [0.2, 0.25) is 0 Å². The van der Waals surface area contributed by atoms with Gasteiger partial charge >= 0.3 is 0 Å². The minimum Gasteiger partial charge on any atom is -0.290 e. The normalized spacial score (nSPS) is 24.3. The van der Waals surface area contributed by atoms with Crippen molar-refractivity contribution in [2.75, 3.05) is 20.1 Å². The van der Waals surface area contributed by atoms with Crippen LogP contribution in [0.4, 0.5) is 0 Å². The van der Waals surface area contributed by atoms with Crippen molar-refractivity contribution in [1.82, 2.24) is 9.80 Å². The van der Waals surface area contributed by atoms with Gasteiger partial charge in [-0.25, -0.2) is 0 Å². The monoisotopic (exact) mass is 190 g/mol. The first-order valence-electron chi connectivity index (χ1n) is 5.25. The third-order valence-corrected chi connectivity index (χ3v) is 3.13. The average Bonchev–Trinajstić information content (AvgIpc) is 2.52. The first-order valence-corrected chi connectivity index (χ1v) is 5.25. The van der Waals surface area contributed by atoms with E-state index in [0.29, 0.717) is 6.17 Å². The molecular formula is C12H18N2. The highest BCUT2D eigenvalue weighted by molar-refractivity contribution is 5.14. The molecule has 0 bridgehead atoms. The molecule has 0 saturated carbocycles. The van der Waals surface area contributed by atoms with Crippen molar-refractivity contribution < 1.29 is 0 Å². The van der Waals surface area contributed by atoms with E-state index < -0.39 is 0 Å². The van der Waals surface area contributed by atoms with Crippen molar-refractivity contribution in [1.29, 1.82) is 0 Å². The summed E-state index contributed by atoms with van der Waals surface area (Å²) >= 11 is 0. The molecule has 2 nitrogen and oxygen atoms in total. The smallest absolute Gasteiger partial charge is 0.0594 e. The summed E-state index contributed by atoms with van der Waals surface area (Å²) in [6.07, 6.45) is 0.579. The summed E-state index contributed by atoms with van der Waals surface area (Å²) in [4.78, 5) is 4.90. The number of nitrogens with zero attached hydrogens (tertiary/aromatic N) is 2. The Bertz CT molecular complexity index is 284. The van der Waals surface area contributed by atoms with Crippen LogP contribution < -0.4 is 0 Å². The zero-order valence-corrected chi connectivity index (χ0v) is 8.98. The van der Waals surface area contributed by atoms with E-state index in [-0.39, 0.29) is 0 Å². The maximum Gasteiger partial charge on any atom is 0.0594 e. The summed E-state index contributed by atoms with van der Waals surface area (Å²) < 4.78 is 0. The fraction of sp³-hybridized carbons (Fsp3) is 0.500. The lowest BCUT2D eigenvalue weighted by atomic mass is 10.2. The molecule has 1 aromatic rings. The summed E-state index contributed by atoms with van der Waals surface area (Å²) in [5.41, 5.74) is 1.41. The van der Waals surface area contributed by atoms with Crippen LogP contribution in [-0.4, -0.2) is 36.1 Å². The second-order valence-corrected chi connectivity index (χ2v) is 4.07. The van der Waals surface area contributed by atoms with Crippen LogP contribution in [0.25, 0.3) is 0 Å². The van der Waals surface area contributed by atoms with E-state index in [2.05, 4.69) is 54.1 Å². The largest absolute Gasteiger partial charge is 0.290 e. The molecule has 0 amide bonds. The Kier molecular flexibility index (Phi) is 2.85. The molecule has 0 radical (unpaired) electrons. The SMILES string of the molecule is CC1N(C)CCN1Cc1ccccc1. The zero-order chi connectivity index (χ0) is 9.97. The van der Waals surface area contributed by atoms with E-state index in [1.165, 1.54) is 18.7 Å². The number of rotatable bonds is 2. The first-order chi connectivity index (χ1) is 6.77. The maximum absolute atomic E-state index is 2.51. The second kappa shape index (κ2) is 4.11. The molecule has 2 rings (SSSR count). The summed E-state index contributed by atoms with van der Waals surface area (Å²) in [6.45, 7) is 5.73. The lowest BCUT2D eigenvalue weighted by molar-refractivity contribution is 0.170. The Hall–Kier alpha value is -0.860. The molecule has 0 aromatic heterocycles. The molecule has 1 unspecified atom stereocenters. The highest BCUT2D eigenvalue weighted by Crippen LogP contribution is 2.15. The molecule has 14 heavy (non-hydrogen) atoms. The standard InChI is InChI=1S/C12H18N2/c1-11-13(2)8-9-14(11)10-12-6-4-3-5-7-12/h3-7,11H,8-10H2,1-2H3. The third kappa shape index (κ3) is 1.97. The topological polar surface area (TPSA) is 6.48 Å². The Balaban J connectivity index is 1.99. The summed E-state index contributed by atoms with van der Waals surface area (Å²) in [5.74, 6) is 0. The van der Waals surface area contributed by atoms with Crippen molar-refractivity contribution in [2.24, 2.45) is 0 Å². The highest BCUT2D eigenvalue weighted by Gasteiger charge is 2.24. The van der Waals surface area contributed by atoms with Crippen LogP contribution in [0.15, 0.2) is 30.3 Å². The van der Waals surface area contributed by atoms with Gasteiger partial charge < -0.3 is 0 Å².